The Bertz CT molecular complexity index is 2840. The quantitative estimate of drug-likeness (QED) is 0.144. The highest BCUT2D eigenvalue weighted by molar-refractivity contribution is 5.93. The summed E-state index contributed by atoms with van der Waals surface area (Å²) in [4.78, 5) is 4.79. The molecule has 0 aliphatic heterocycles. The molecule has 0 fully saturated rings. The fourth-order valence-corrected chi connectivity index (χ4v) is 8.13. The fraction of sp³-hybridized carbons (Fsp3) is 0.0370. The van der Waals surface area contributed by atoms with E-state index in [1.54, 1.807) is 0 Å². The number of aryl methyl sites for hydroxylation is 1. The van der Waals surface area contributed by atoms with Crippen LogP contribution in [-0.4, -0.2) is 0 Å². The lowest BCUT2D eigenvalue weighted by Crippen LogP contribution is -2.19. The van der Waals surface area contributed by atoms with Gasteiger partial charge in [0.05, 0.1) is 0 Å². The maximum atomic E-state index is 2.44. The molecule has 266 valence electrons. The third kappa shape index (κ3) is 6.63. The van der Waals surface area contributed by atoms with Gasteiger partial charge >= 0.3 is 0 Å². The summed E-state index contributed by atoms with van der Waals surface area (Å²) in [6.07, 6.45) is 8.80. The molecule has 0 radical (unpaired) electrons. The van der Waals surface area contributed by atoms with E-state index in [9.17, 15) is 0 Å². The van der Waals surface area contributed by atoms with Crippen molar-refractivity contribution in [1.29, 1.82) is 0 Å². The van der Waals surface area contributed by atoms with E-state index in [0.717, 1.165) is 46.7 Å². The molecule has 1 aliphatic rings. The van der Waals surface area contributed by atoms with Gasteiger partial charge in [-0.1, -0.05) is 152 Å². The van der Waals surface area contributed by atoms with Gasteiger partial charge in [0.1, 0.15) is 0 Å². The molecule has 9 aromatic rings. The molecule has 0 N–H and O–H groups in total. The van der Waals surface area contributed by atoms with E-state index >= 15 is 0 Å². The summed E-state index contributed by atoms with van der Waals surface area (Å²) in [7, 11) is 0. The molecule has 2 nitrogen and oxygen atoms in total. The van der Waals surface area contributed by atoms with Crippen LogP contribution in [-0.2, 0) is 6.42 Å². The molecule has 2 heteroatoms. The predicted octanol–water partition coefficient (Wildman–Crippen LogP) is 14.9. The maximum Gasteiger partial charge on any atom is 0.0468 e. The van der Waals surface area contributed by atoms with Gasteiger partial charge in [0.25, 0.3) is 0 Å². The number of fused-ring (bicyclic) bond motifs is 4. The zero-order valence-electron chi connectivity index (χ0n) is 31.1. The van der Waals surface area contributed by atoms with Crippen LogP contribution in [0.2, 0.25) is 0 Å². The van der Waals surface area contributed by atoms with Crippen molar-refractivity contribution in [3.63, 3.8) is 0 Å². The minimum atomic E-state index is 0.987. The Morgan fingerprint density at radius 3 is 1.21 bits per heavy atom. The van der Waals surface area contributed by atoms with Gasteiger partial charge < -0.3 is 9.80 Å². The molecule has 1 aliphatic carbocycles. The number of allylic oxidation sites excluding steroid dienone is 1. The molecule has 0 bridgehead atoms. The molecule has 0 aromatic heterocycles. The van der Waals surface area contributed by atoms with Crippen LogP contribution < -0.4 is 9.80 Å². The SMILES string of the molecule is C1=C(N(c2ccc(/C=C\c3ccc(N(c4ccc5ccccc5c4)c4ccc5ccccc5c4)cc3)cc2)c2ccc3ccccc3c2)CCc2ccccc21. The topological polar surface area (TPSA) is 6.48 Å². The van der Waals surface area contributed by atoms with Crippen molar-refractivity contribution in [3.05, 3.63) is 228 Å². The molecule has 0 unspecified atom stereocenters. The number of hydrogen-bond acceptors (Lipinski definition) is 2. The van der Waals surface area contributed by atoms with Crippen molar-refractivity contribution in [1.82, 2.24) is 0 Å². The Kier molecular flexibility index (Phi) is 8.70. The second-order valence-electron chi connectivity index (χ2n) is 14.6. The van der Waals surface area contributed by atoms with Crippen LogP contribution in [0.15, 0.2) is 206 Å². The molecule has 0 saturated heterocycles. The molecule has 10 rings (SSSR count). The molecular formula is C54H40N2. The first-order valence-electron chi connectivity index (χ1n) is 19.5. The average Bonchev–Trinajstić information content (AvgIpc) is 3.26. The van der Waals surface area contributed by atoms with E-state index < -0.39 is 0 Å². The second-order valence-corrected chi connectivity index (χ2v) is 14.6. The number of hydrogen-bond donors (Lipinski definition) is 0. The molecule has 0 spiro atoms. The van der Waals surface area contributed by atoms with Crippen molar-refractivity contribution in [3.8, 4) is 0 Å². The highest BCUT2D eigenvalue weighted by atomic mass is 15.2. The van der Waals surface area contributed by atoms with Gasteiger partial charge in [0.15, 0.2) is 0 Å². The van der Waals surface area contributed by atoms with Gasteiger partial charge in [0, 0.05) is 34.1 Å². The van der Waals surface area contributed by atoms with Crippen LogP contribution in [0.4, 0.5) is 28.4 Å². The Balaban J connectivity index is 0.946. The first-order chi connectivity index (χ1) is 27.7. The number of benzene rings is 9. The summed E-state index contributed by atoms with van der Waals surface area (Å²) < 4.78 is 0. The lowest BCUT2D eigenvalue weighted by Gasteiger charge is -2.31. The number of rotatable bonds is 8. The third-order valence-electron chi connectivity index (χ3n) is 11.1. The summed E-state index contributed by atoms with van der Waals surface area (Å²) in [5, 5.41) is 7.42. The summed E-state index contributed by atoms with van der Waals surface area (Å²) in [5.41, 5.74) is 12.1. The van der Waals surface area contributed by atoms with Crippen LogP contribution in [0.3, 0.4) is 0 Å². The summed E-state index contributed by atoms with van der Waals surface area (Å²) in [6.45, 7) is 0. The monoisotopic (exact) mass is 716 g/mol. The Labute approximate surface area is 328 Å². The van der Waals surface area contributed by atoms with Crippen LogP contribution >= 0.6 is 0 Å². The smallest absolute Gasteiger partial charge is 0.0468 e. The normalized spacial score (nSPS) is 12.5. The Morgan fingerprint density at radius 2 is 0.714 bits per heavy atom. The van der Waals surface area contributed by atoms with Crippen LogP contribution in [0.5, 0.6) is 0 Å². The highest BCUT2D eigenvalue weighted by Crippen LogP contribution is 2.39. The predicted molar refractivity (Wildman–Crippen MR) is 240 cm³/mol. The van der Waals surface area contributed by atoms with Gasteiger partial charge in [-0.05, 0) is 134 Å². The number of anilines is 5. The molecule has 0 heterocycles. The van der Waals surface area contributed by atoms with Crippen LogP contribution in [0.1, 0.15) is 28.7 Å². The first kappa shape index (κ1) is 33.4. The van der Waals surface area contributed by atoms with Crippen molar-refractivity contribution in [2.24, 2.45) is 0 Å². The van der Waals surface area contributed by atoms with Crippen LogP contribution in [0, 0.1) is 0 Å². The van der Waals surface area contributed by atoms with Gasteiger partial charge in [-0.3, -0.25) is 0 Å². The van der Waals surface area contributed by atoms with Crippen molar-refractivity contribution in [2.45, 2.75) is 12.8 Å². The zero-order valence-corrected chi connectivity index (χ0v) is 31.1. The first-order valence-corrected chi connectivity index (χ1v) is 19.5. The van der Waals surface area contributed by atoms with Crippen molar-refractivity contribution in [2.75, 3.05) is 9.80 Å². The Morgan fingerprint density at radius 1 is 0.321 bits per heavy atom. The average molecular weight is 717 g/mol. The minimum absolute atomic E-state index is 0.987. The largest absolute Gasteiger partial charge is 0.314 e. The van der Waals surface area contributed by atoms with E-state index in [2.05, 4.69) is 228 Å². The van der Waals surface area contributed by atoms with Crippen molar-refractivity contribution >= 4 is 79.0 Å². The maximum absolute atomic E-state index is 2.44. The summed E-state index contributed by atoms with van der Waals surface area (Å²) in [5.74, 6) is 0. The van der Waals surface area contributed by atoms with E-state index in [-0.39, 0.29) is 0 Å². The zero-order chi connectivity index (χ0) is 37.3. The van der Waals surface area contributed by atoms with Gasteiger partial charge in [0.2, 0.25) is 0 Å². The lowest BCUT2D eigenvalue weighted by atomic mass is 9.94. The molecule has 0 saturated carbocycles. The van der Waals surface area contributed by atoms with E-state index in [0.29, 0.717) is 0 Å². The fourth-order valence-electron chi connectivity index (χ4n) is 8.13. The van der Waals surface area contributed by atoms with Gasteiger partial charge in [-0.15, -0.1) is 0 Å². The van der Waals surface area contributed by atoms with E-state index in [4.69, 9.17) is 0 Å². The highest BCUT2D eigenvalue weighted by Gasteiger charge is 2.20. The van der Waals surface area contributed by atoms with Crippen LogP contribution in [0.25, 0.3) is 50.5 Å². The minimum Gasteiger partial charge on any atom is -0.314 e. The molecule has 0 atom stereocenters. The molecular weight excluding hydrogens is 677 g/mol. The van der Waals surface area contributed by atoms with Gasteiger partial charge in [-0.25, -0.2) is 0 Å². The van der Waals surface area contributed by atoms with Gasteiger partial charge in [-0.2, -0.15) is 0 Å². The van der Waals surface area contributed by atoms with E-state index in [1.165, 1.54) is 54.8 Å². The summed E-state index contributed by atoms with van der Waals surface area (Å²) >= 11 is 0. The molecule has 56 heavy (non-hydrogen) atoms. The number of nitrogens with zero attached hydrogens (tertiary/aromatic N) is 2. The standard InChI is InChI=1S/C54H40N2/c1-5-13-45-35-51(31-23-41(45)9-1)55(52-32-24-42-10-2-6-14-46(42)36-52)49-27-19-39(20-28-49)17-18-40-21-29-50(30-22-40)56(53-33-25-43-11-3-7-15-47(43)37-53)54-34-26-44-12-4-8-16-48(44)38-54/h1-25,27-33,35-38H,26,34H2/b18-17-. The Hall–Kier alpha value is -7.16. The van der Waals surface area contributed by atoms with E-state index in [1.807, 2.05) is 0 Å². The lowest BCUT2D eigenvalue weighted by molar-refractivity contribution is 0.894. The van der Waals surface area contributed by atoms with Crippen molar-refractivity contribution < 1.29 is 0 Å². The molecule has 9 aromatic carbocycles. The second kappa shape index (κ2) is 14.6. The molecule has 0 amide bonds. The third-order valence-corrected chi connectivity index (χ3v) is 11.1. The summed E-state index contributed by atoms with van der Waals surface area (Å²) in [6, 6.07) is 72.6.